The maximum absolute atomic E-state index is 15.2. The number of imidazole rings is 1. The van der Waals surface area contributed by atoms with Crippen molar-refractivity contribution in [1.82, 2.24) is 39.7 Å². The van der Waals surface area contributed by atoms with Gasteiger partial charge in [-0.1, -0.05) is 17.7 Å². The molecule has 1 amide bonds. The van der Waals surface area contributed by atoms with Gasteiger partial charge in [-0.2, -0.15) is 9.07 Å². The molecule has 2 aliphatic heterocycles. The van der Waals surface area contributed by atoms with Crippen LogP contribution in [0.5, 0.6) is 5.75 Å². The van der Waals surface area contributed by atoms with Crippen LogP contribution in [0.15, 0.2) is 53.6 Å². The summed E-state index contributed by atoms with van der Waals surface area (Å²) in [5.41, 5.74) is 2.60. The van der Waals surface area contributed by atoms with Crippen molar-refractivity contribution in [2.45, 2.75) is 18.4 Å². The van der Waals surface area contributed by atoms with Gasteiger partial charge in [-0.05, 0) is 53.1 Å². The van der Waals surface area contributed by atoms with Crippen molar-refractivity contribution in [2.24, 2.45) is 5.92 Å². The van der Waals surface area contributed by atoms with E-state index in [0.717, 1.165) is 6.42 Å². The number of aromatic nitrogens is 8. The number of hydrogen-bond acceptors (Lipinski definition) is 8. The highest BCUT2D eigenvalue weighted by Gasteiger charge is 2.55. The molecule has 0 radical (unpaired) electrons. The van der Waals surface area contributed by atoms with Gasteiger partial charge in [0.05, 0.1) is 23.1 Å². The van der Waals surface area contributed by atoms with E-state index in [1.165, 1.54) is 17.1 Å². The molecule has 3 unspecified atom stereocenters. The predicted molar refractivity (Wildman–Crippen MR) is 139 cm³/mol. The lowest BCUT2D eigenvalue weighted by Gasteiger charge is -2.18. The number of ether oxygens (including phenoxy) is 1. The molecule has 3 aromatic heterocycles. The van der Waals surface area contributed by atoms with E-state index in [1.807, 2.05) is 0 Å². The van der Waals surface area contributed by atoms with E-state index < -0.39 is 12.0 Å². The van der Waals surface area contributed by atoms with Gasteiger partial charge in [0, 0.05) is 28.1 Å². The number of carbonyl (C=O) groups is 1. The molecule has 0 saturated heterocycles. The second kappa shape index (κ2) is 8.29. The molecule has 12 nitrogen and oxygen atoms in total. The van der Waals surface area contributed by atoms with Crippen molar-refractivity contribution in [2.75, 3.05) is 11.9 Å². The summed E-state index contributed by atoms with van der Waals surface area (Å²) in [6.45, 7) is -0.112. The molecule has 2 aromatic carbocycles. The van der Waals surface area contributed by atoms with Crippen molar-refractivity contribution in [3.05, 3.63) is 81.8 Å². The smallest absolute Gasteiger partial charge is 0.262 e. The number of fused-ring (bicyclic) bond motifs is 4. The zero-order valence-corrected chi connectivity index (χ0v) is 21.1. The zero-order valence-electron chi connectivity index (χ0n) is 20.4. The Morgan fingerprint density at radius 3 is 2.85 bits per heavy atom. The van der Waals surface area contributed by atoms with Crippen LogP contribution in [0.25, 0.3) is 28.2 Å². The number of H-pyrrole nitrogens is 1. The summed E-state index contributed by atoms with van der Waals surface area (Å²) in [6, 6.07) is 11.1. The van der Waals surface area contributed by atoms with Crippen molar-refractivity contribution in [3.8, 4) is 34.0 Å². The molecular formula is C26H17ClFN9O3. The lowest BCUT2D eigenvalue weighted by Crippen LogP contribution is -2.27. The summed E-state index contributed by atoms with van der Waals surface area (Å²) in [5.74, 6) is 0.577. The number of nitrogens with zero attached hydrogens (tertiary/aromatic N) is 7. The first-order valence-electron chi connectivity index (χ1n) is 12.4. The third-order valence-electron chi connectivity index (χ3n) is 7.53. The van der Waals surface area contributed by atoms with Crippen LogP contribution < -0.4 is 15.6 Å². The average Bonchev–Trinajstić information content (AvgIpc) is 3.24. The van der Waals surface area contributed by atoms with Crippen LogP contribution in [0.4, 0.5) is 10.1 Å². The van der Waals surface area contributed by atoms with Crippen LogP contribution >= 0.6 is 11.6 Å². The molecule has 5 heterocycles. The van der Waals surface area contributed by atoms with Crippen LogP contribution in [0.3, 0.4) is 0 Å². The molecule has 0 bridgehead atoms. The third-order valence-corrected chi connectivity index (χ3v) is 7.76. The number of halogens is 2. The summed E-state index contributed by atoms with van der Waals surface area (Å²) >= 11 is 6.29. The van der Waals surface area contributed by atoms with Gasteiger partial charge in [0.15, 0.2) is 6.61 Å². The van der Waals surface area contributed by atoms with Crippen LogP contribution in [-0.4, -0.2) is 52.2 Å². The Bertz CT molecular complexity index is 1920. The normalized spacial score (nSPS) is 20.4. The Balaban J connectivity index is 1.19. The van der Waals surface area contributed by atoms with Gasteiger partial charge in [-0.3, -0.25) is 14.2 Å². The first-order chi connectivity index (χ1) is 19.4. The summed E-state index contributed by atoms with van der Waals surface area (Å²) in [4.78, 5) is 37.3. The minimum absolute atomic E-state index is 0.0469. The fraction of sp³-hybridized carbons (Fsp3) is 0.192. The van der Waals surface area contributed by atoms with E-state index in [4.69, 9.17) is 21.3 Å². The number of tetrazole rings is 1. The lowest BCUT2D eigenvalue weighted by atomic mass is 10.1. The van der Waals surface area contributed by atoms with Crippen LogP contribution in [0, 0.1) is 11.9 Å². The number of carbonyl (C=O) groups excluding carboxylic acids is 1. The molecule has 1 saturated carbocycles. The molecule has 3 atom stereocenters. The highest BCUT2D eigenvalue weighted by Crippen LogP contribution is 2.60. The minimum Gasteiger partial charge on any atom is -0.482 e. The van der Waals surface area contributed by atoms with Crippen LogP contribution in [0.2, 0.25) is 5.02 Å². The van der Waals surface area contributed by atoms with E-state index in [1.54, 1.807) is 41.0 Å². The van der Waals surface area contributed by atoms with Gasteiger partial charge >= 0.3 is 0 Å². The number of nitrogens with one attached hydrogen (secondary N) is 2. The van der Waals surface area contributed by atoms with E-state index in [-0.39, 0.29) is 35.6 Å². The average molecular weight is 558 g/mol. The molecule has 8 rings (SSSR count). The number of aromatic amines is 1. The first-order valence-corrected chi connectivity index (χ1v) is 12.8. The zero-order chi connectivity index (χ0) is 27.1. The fourth-order valence-corrected chi connectivity index (χ4v) is 5.85. The molecule has 40 heavy (non-hydrogen) atoms. The highest BCUT2D eigenvalue weighted by molar-refractivity contribution is 6.31. The number of hydrogen-bond donors (Lipinski definition) is 2. The molecule has 2 N–H and O–H groups in total. The number of amides is 1. The third kappa shape index (κ3) is 3.47. The van der Waals surface area contributed by atoms with E-state index in [0.29, 0.717) is 50.6 Å². The van der Waals surface area contributed by atoms with Crippen LogP contribution in [-0.2, 0) is 4.79 Å². The molecule has 1 fully saturated rings. The van der Waals surface area contributed by atoms with Gasteiger partial charge < -0.3 is 15.0 Å². The minimum atomic E-state index is -0.692. The quantitative estimate of drug-likeness (QED) is 0.343. The van der Waals surface area contributed by atoms with Crippen molar-refractivity contribution in [1.29, 1.82) is 0 Å². The summed E-state index contributed by atoms with van der Waals surface area (Å²) in [7, 11) is 0. The topological polar surface area (TPSA) is 146 Å². The first kappa shape index (κ1) is 23.0. The second-order valence-corrected chi connectivity index (χ2v) is 10.3. The van der Waals surface area contributed by atoms with Gasteiger partial charge in [-0.25, -0.2) is 9.97 Å². The molecule has 14 heteroatoms. The standard InChI is InChI=1S/C26H17ClFN9O3/c27-12-2-4-18(36-10-29-34-35-36)15(6-12)17-8-21(39)37-23(13-7-14(13)26(37)31-17)25-32-22(24(28)33-25)11-1-3-16-19(5-11)40-9-20(38)30-16/h1-6,8,10,13-14,23H,7,9H2,(H,30,38)(H,32,33). The monoisotopic (exact) mass is 557 g/mol. The molecular weight excluding hydrogens is 541 g/mol. The van der Waals surface area contributed by atoms with Crippen molar-refractivity contribution < 1.29 is 13.9 Å². The summed E-state index contributed by atoms with van der Waals surface area (Å²) in [6.07, 6.45) is 2.26. The Morgan fingerprint density at radius 2 is 2.00 bits per heavy atom. The number of rotatable bonds is 4. The van der Waals surface area contributed by atoms with E-state index in [9.17, 15) is 9.59 Å². The molecule has 0 spiro atoms. The van der Waals surface area contributed by atoms with Gasteiger partial charge in [-0.15, -0.1) is 5.10 Å². The van der Waals surface area contributed by atoms with E-state index in [2.05, 4.69) is 30.8 Å². The van der Waals surface area contributed by atoms with Gasteiger partial charge in [0.25, 0.3) is 11.5 Å². The van der Waals surface area contributed by atoms with Crippen LogP contribution in [0.1, 0.15) is 30.0 Å². The Morgan fingerprint density at radius 1 is 1.10 bits per heavy atom. The van der Waals surface area contributed by atoms with Gasteiger partial charge in [0.1, 0.15) is 29.4 Å². The number of benzene rings is 2. The molecule has 3 aliphatic rings. The Kier molecular flexibility index (Phi) is 4.77. The van der Waals surface area contributed by atoms with E-state index >= 15 is 4.39 Å². The maximum Gasteiger partial charge on any atom is 0.262 e. The van der Waals surface area contributed by atoms with Crippen molar-refractivity contribution >= 4 is 23.2 Å². The molecule has 1 aliphatic carbocycles. The molecule has 5 aromatic rings. The molecule has 198 valence electrons. The second-order valence-electron chi connectivity index (χ2n) is 9.91. The largest absolute Gasteiger partial charge is 0.482 e. The highest BCUT2D eigenvalue weighted by atomic mass is 35.5. The SMILES string of the molecule is O=C1COc2cc(-c3[nH]c(C4C5CC5c5nc(-c6cc(Cl)ccc6-n6cnnn6)cc(=O)n54)nc3F)ccc2N1. The summed E-state index contributed by atoms with van der Waals surface area (Å²) < 4.78 is 23.7. The lowest BCUT2D eigenvalue weighted by molar-refractivity contribution is -0.118. The fourth-order valence-electron chi connectivity index (χ4n) is 5.68. The maximum atomic E-state index is 15.2. The van der Waals surface area contributed by atoms with Crippen molar-refractivity contribution in [3.63, 3.8) is 0 Å². The predicted octanol–water partition coefficient (Wildman–Crippen LogP) is 3.11. The Labute approximate surface area is 228 Å². The summed E-state index contributed by atoms with van der Waals surface area (Å²) in [5, 5.41) is 14.5. The van der Waals surface area contributed by atoms with Gasteiger partial charge in [0.2, 0.25) is 5.95 Å². The Hall–Kier alpha value is -4.91. The number of anilines is 1.